The molecule has 0 spiro atoms. The van der Waals surface area contributed by atoms with Crippen molar-refractivity contribution in [2.45, 2.75) is 6.92 Å². The second-order valence-electron chi connectivity index (χ2n) is 3.44. The van der Waals surface area contributed by atoms with E-state index >= 15 is 0 Å². The predicted octanol–water partition coefficient (Wildman–Crippen LogP) is 2.40. The highest BCUT2D eigenvalue weighted by Gasteiger charge is 2.13. The number of nitrogens with one attached hydrogen (secondary N) is 1. The molecule has 4 nitrogen and oxygen atoms in total. The van der Waals surface area contributed by atoms with Gasteiger partial charge in [0.2, 0.25) is 0 Å². The molecule has 0 unspecified atom stereocenters. The van der Waals surface area contributed by atoms with Crippen LogP contribution in [0.3, 0.4) is 0 Å². The Kier molecular flexibility index (Phi) is 2.81. The van der Waals surface area contributed by atoms with Crippen molar-refractivity contribution in [1.82, 2.24) is 10.2 Å². The van der Waals surface area contributed by atoms with Crippen LogP contribution in [0.5, 0.6) is 11.5 Å². The first kappa shape index (κ1) is 10.5. The minimum Gasteiger partial charge on any atom is -0.496 e. The summed E-state index contributed by atoms with van der Waals surface area (Å²) in [5.74, 6) is 1.63. The van der Waals surface area contributed by atoms with E-state index in [1.54, 1.807) is 20.4 Å². The molecule has 0 atom stereocenters. The molecule has 0 amide bonds. The third-order valence-electron chi connectivity index (χ3n) is 2.57. The van der Waals surface area contributed by atoms with E-state index < -0.39 is 0 Å². The number of hydrogen-bond acceptors (Lipinski definition) is 3. The second-order valence-corrected chi connectivity index (χ2v) is 3.44. The van der Waals surface area contributed by atoms with Crippen molar-refractivity contribution < 1.29 is 9.47 Å². The number of ether oxygens (including phenoxy) is 2. The Hall–Kier alpha value is -1.97. The number of methoxy groups -OCH3 is 2. The molecule has 0 fully saturated rings. The van der Waals surface area contributed by atoms with Gasteiger partial charge in [-0.25, -0.2) is 0 Å². The molecule has 2 rings (SSSR count). The van der Waals surface area contributed by atoms with E-state index in [1.807, 2.05) is 25.1 Å². The van der Waals surface area contributed by atoms with Gasteiger partial charge in [0.25, 0.3) is 0 Å². The summed E-state index contributed by atoms with van der Waals surface area (Å²) in [6.45, 7) is 1.97. The highest BCUT2D eigenvalue weighted by molar-refractivity contribution is 5.71. The van der Waals surface area contributed by atoms with Crippen LogP contribution in [0.25, 0.3) is 11.3 Å². The van der Waals surface area contributed by atoms with Gasteiger partial charge in [-0.15, -0.1) is 0 Å². The maximum atomic E-state index is 5.41. The van der Waals surface area contributed by atoms with Gasteiger partial charge in [-0.05, 0) is 25.1 Å². The smallest absolute Gasteiger partial charge is 0.134 e. The van der Waals surface area contributed by atoms with E-state index in [2.05, 4.69) is 10.2 Å². The van der Waals surface area contributed by atoms with Crippen molar-refractivity contribution in [3.8, 4) is 22.8 Å². The largest absolute Gasteiger partial charge is 0.496 e. The summed E-state index contributed by atoms with van der Waals surface area (Å²) in [4.78, 5) is 0. The third kappa shape index (κ3) is 1.62. The van der Waals surface area contributed by atoms with Gasteiger partial charge in [0.1, 0.15) is 11.5 Å². The van der Waals surface area contributed by atoms with Gasteiger partial charge in [0, 0.05) is 17.3 Å². The number of aromatic nitrogens is 2. The van der Waals surface area contributed by atoms with Crippen LogP contribution in [0.4, 0.5) is 0 Å². The Morgan fingerprint density at radius 1 is 1.12 bits per heavy atom. The molecular formula is C12H14N2O2. The summed E-state index contributed by atoms with van der Waals surface area (Å²) in [6.07, 6.45) is 1.72. The zero-order chi connectivity index (χ0) is 11.5. The summed E-state index contributed by atoms with van der Waals surface area (Å²) in [5.41, 5.74) is 2.90. The Morgan fingerprint density at radius 3 is 2.50 bits per heavy atom. The van der Waals surface area contributed by atoms with Gasteiger partial charge < -0.3 is 9.47 Å². The Labute approximate surface area is 94.2 Å². The summed E-state index contributed by atoms with van der Waals surface area (Å²) < 4.78 is 10.7. The third-order valence-corrected chi connectivity index (χ3v) is 2.57. The number of hydrogen-bond donors (Lipinski definition) is 1. The normalized spacial score (nSPS) is 10.2. The predicted molar refractivity (Wildman–Crippen MR) is 61.9 cm³/mol. The lowest BCUT2D eigenvalue weighted by Gasteiger charge is -2.13. The number of aromatic amines is 1. The molecule has 84 valence electrons. The molecule has 4 heteroatoms. The fourth-order valence-electron chi connectivity index (χ4n) is 1.78. The fraction of sp³-hybridized carbons (Fsp3) is 0.250. The van der Waals surface area contributed by atoms with E-state index in [0.29, 0.717) is 0 Å². The minimum absolute atomic E-state index is 0.809. The van der Waals surface area contributed by atoms with Crippen LogP contribution in [0.15, 0.2) is 24.4 Å². The standard InChI is InChI=1S/C12H14N2O2/c1-8-11(15-2)5-4-9(12(8)16-3)10-6-7-13-14-10/h4-7H,1-3H3,(H,13,14). The van der Waals surface area contributed by atoms with E-state index in [9.17, 15) is 0 Å². The molecule has 0 aliphatic carbocycles. The Balaban J connectivity index is 2.59. The molecule has 0 saturated carbocycles. The van der Waals surface area contributed by atoms with Crippen LogP contribution in [0.1, 0.15) is 5.56 Å². The second kappa shape index (κ2) is 4.26. The molecule has 0 aliphatic rings. The van der Waals surface area contributed by atoms with Crippen LogP contribution >= 0.6 is 0 Å². The van der Waals surface area contributed by atoms with Crippen LogP contribution in [-0.2, 0) is 0 Å². The maximum Gasteiger partial charge on any atom is 0.134 e. The summed E-state index contributed by atoms with van der Waals surface area (Å²) in [7, 11) is 3.30. The first-order chi connectivity index (χ1) is 7.77. The Bertz CT molecular complexity index is 478. The van der Waals surface area contributed by atoms with Crippen molar-refractivity contribution in [2.24, 2.45) is 0 Å². The van der Waals surface area contributed by atoms with Crippen LogP contribution in [-0.4, -0.2) is 24.4 Å². The van der Waals surface area contributed by atoms with Crippen molar-refractivity contribution in [3.63, 3.8) is 0 Å². The molecule has 2 aromatic rings. The fourth-order valence-corrected chi connectivity index (χ4v) is 1.78. The zero-order valence-corrected chi connectivity index (χ0v) is 9.57. The topological polar surface area (TPSA) is 47.1 Å². The molecule has 0 aliphatic heterocycles. The highest BCUT2D eigenvalue weighted by atomic mass is 16.5. The number of rotatable bonds is 3. The molecule has 0 saturated heterocycles. The molecule has 1 aromatic heterocycles. The van der Waals surface area contributed by atoms with Gasteiger partial charge in [-0.1, -0.05) is 0 Å². The van der Waals surface area contributed by atoms with Gasteiger partial charge in [0.15, 0.2) is 0 Å². The lowest BCUT2D eigenvalue weighted by molar-refractivity contribution is 0.390. The first-order valence-electron chi connectivity index (χ1n) is 4.99. The molecular weight excluding hydrogens is 204 g/mol. The van der Waals surface area contributed by atoms with Crippen LogP contribution in [0.2, 0.25) is 0 Å². The molecule has 16 heavy (non-hydrogen) atoms. The number of nitrogens with zero attached hydrogens (tertiary/aromatic N) is 1. The maximum absolute atomic E-state index is 5.41. The molecule has 0 radical (unpaired) electrons. The zero-order valence-electron chi connectivity index (χ0n) is 9.57. The number of benzene rings is 1. The number of H-pyrrole nitrogens is 1. The SMILES string of the molecule is COc1ccc(-c2ccn[nH]2)c(OC)c1C. The Morgan fingerprint density at radius 2 is 1.94 bits per heavy atom. The summed E-state index contributed by atoms with van der Waals surface area (Å²) in [5, 5.41) is 6.86. The highest BCUT2D eigenvalue weighted by Crippen LogP contribution is 2.36. The average Bonchev–Trinajstić information content (AvgIpc) is 2.82. The van der Waals surface area contributed by atoms with Crippen molar-refractivity contribution in [1.29, 1.82) is 0 Å². The van der Waals surface area contributed by atoms with Gasteiger partial charge in [-0.2, -0.15) is 5.10 Å². The van der Waals surface area contributed by atoms with Crippen LogP contribution in [0, 0.1) is 6.92 Å². The van der Waals surface area contributed by atoms with Gasteiger partial charge in [-0.3, -0.25) is 5.10 Å². The average molecular weight is 218 g/mol. The van der Waals surface area contributed by atoms with Crippen molar-refractivity contribution in [2.75, 3.05) is 14.2 Å². The van der Waals surface area contributed by atoms with Crippen LogP contribution < -0.4 is 9.47 Å². The minimum atomic E-state index is 0.809. The van der Waals surface area contributed by atoms with E-state index in [1.165, 1.54) is 0 Å². The molecule has 1 heterocycles. The van der Waals surface area contributed by atoms with Crippen molar-refractivity contribution >= 4 is 0 Å². The van der Waals surface area contributed by atoms with E-state index in [0.717, 1.165) is 28.3 Å². The summed E-state index contributed by atoms with van der Waals surface area (Å²) >= 11 is 0. The molecule has 1 aromatic carbocycles. The van der Waals surface area contributed by atoms with E-state index in [-0.39, 0.29) is 0 Å². The van der Waals surface area contributed by atoms with Gasteiger partial charge >= 0.3 is 0 Å². The van der Waals surface area contributed by atoms with Gasteiger partial charge in [0.05, 0.1) is 19.9 Å². The quantitative estimate of drug-likeness (QED) is 0.860. The van der Waals surface area contributed by atoms with E-state index in [4.69, 9.17) is 9.47 Å². The summed E-state index contributed by atoms with van der Waals surface area (Å²) in [6, 6.07) is 5.79. The lowest BCUT2D eigenvalue weighted by Crippen LogP contribution is -1.95. The van der Waals surface area contributed by atoms with Crippen molar-refractivity contribution in [3.05, 3.63) is 30.0 Å². The molecule has 1 N–H and O–H groups in total. The first-order valence-corrected chi connectivity index (χ1v) is 4.99. The lowest BCUT2D eigenvalue weighted by atomic mass is 10.1. The monoisotopic (exact) mass is 218 g/mol. The molecule has 0 bridgehead atoms.